The molecule has 2 heteroatoms. The Morgan fingerprint density at radius 1 is 1.50 bits per heavy atom. The summed E-state index contributed by atoms with van der Waals surface area (Å²) in [4.78, 5) is 0. The van der Waals surface area contributed by atoms with Crippen molar-refractivity contribution >= 4 is 0 Å². The van der Waals surface area contributed by atoms with Crippen LogP contribution in [0.4, 0.5) is 0 Å². The molecule has 1 aliphatic heterocycles. The zero-order valence-electron chi connectivity index (χ0n) is 9.33. The van der Waals surface area contributed by atoms with Crippen molar-refractivity contribution in [3.05, 3.63) is 0 Å². The number of hydrogen-bond acceptors (Lipinski definition) is 2. The Balaban J connectivity index is 1.65. The van der Waals surface area contributed by atoms with E-state index in [4.69, 9.17) is 4.74 Å². The second-order valence-electron chi connectivity index (χ2n) is 5.58. The number of aliphatic hydroxyl groups is 1. The van der Waals surface area contributed by atoms with Crippen molar-refractivity contribution in [3.8, 4) is 0 Å². The zero-order chi connectivity index (χ0) is 10.2. The van der Waals surface area contributed by atoms with Gasteiger partial charge in [-0.3, -0.25) is 0 Å². The van der Waals surface area contributed by atoms with Crippen LogP contribution < -0.4 is 0 Å². The summed E-state index contributed by atoms with van der Waals surface area (Å²) in [5, 5.41) is 9.93. The minimum absolute atomic E-state index is 0.0887. The second-order valence-corrected chi connectivity index (χ2v) is 5.58. The summed E-state index contributed by atoms with van der Waals surface area (Å²) >= 11 is 0. The van der Waals surface area contributed by atoms with Crippen molar-refractivity contribution in [2.75, 3.05) is 6.61 Å². The average molecular weight is 198 g/mol. The van der Waals surface area contributed by atoms with Gasteiger partial charge < -0.3 is 9.84 Å². The molecule has 2 nitrogen and oxygen atoms in total. The fraction of sp³-hybridized carbons (Fsp3) is 1.00. The molecule has 1 N–H and O–H groups in total. The van der Waals surface area contributed by atoms with Gasteiger partial charge in [-0.05, 0) is 43.4 Å². The molecule has 1 aliphatic carbocycles. The van der Waals surface area contributed by atoms with Gasteiger partial charge in [-0.1, -0.05) is 13.8 Å². The van der Waals surface area contributed by atoms with Crippen LogP contribution >= 0.6 is 0 Å². The number of aliphatic hydroxyl groups excluding tert-OH is 1. The first-order valence-corrected chi connectivity index (χ1v) is 5.89. The monoisotopic (exact) mass is 198 g/mol. The van der Waals surface area contributed by atoms with Crippen LogP contribution in [0.2, 0.25) is 0 Å². The molecule has 0 spiro atoms. The van der Waals surface area contributed by atoms with Crippen LogP contribution in [0.25, 0.3) is 0 Å². The standard InChI is InChI=1S/C12H22O2/c1-12(2)8-10(12)11(13)6-5-9-4-3-7-14-9/h9-11,13H,3-8H2,1-2H3. The Labute approximate surface area is 86.6 Å². The second kappa shape index (κ2) is 3.82. The number of rotatable bonds is 4. The van der Waals surface area contributed by atoms with Gasteiger partial charge in [0.2, 0.25) is 0 Å². The summed E-state index contributed by atoms with van der Waals surface area (Å²) in [6.45, 7) is 5.41. The Morgan fingerprint density at radius 2 is 2.21 bits per heavy atom. The predicted molar refractivity (Wildman–Crippen MR) is 56.1 cm³/mol. The van der Waals surface area contributed by atoms with Crippen LogP contribution in [-0.2, 0) is 4.74 Å². The summed E-state index contributed by atoms with van der Waals surface area (Å²) in [5.74, 6) is 0.545. The molecule has 3 atom stereocenters. The van der Waals surface area contributed by atoms with Crippen LogP contribution in [0.5, 0.6) is 0 Å². The molecule has 0 aromatic carbocycles. The van der Waals surface area contributed by atoms with Gasteiger partial charge in [0.05, 0.1) is 12.2 Å². The van der Waals surface area contributed by atoms with Gasteiger partial charge in [-0.2, -0.15) is 0 Å². The highest BCUT2D eigenvalue weighted by Gasteiger charge is 2.49. The lowest BCUT2D eigenvalue weighted by Gasteiger charge is -2.15. The molecular weight excluding hydrogens is 176 g/mol. The summed E-state index contributed by atoms with van der Waals surface area (Å²) in [6.07, 6.45) is 5.92. The van der Waals surface area contributed by atoms with E-state index in [0.29, 0.717) is 17.4 Å². The topological polar surface area (TPSA) is 29.5 Å². The van der Waals surface area contributed by atoms with Crippen LogP contribution in [0.3, 0.4) is 0 Å². The van der Waals surface area contributed by atoms with Crippen LogP contribution in [0.1, 0.15) is 46.0 Å². The highest BCUT2D eigenvalue weighted by Crippen LogP contribution is 2.54. The third-order valence-electron chi connectivity index (χ3n) is 3.86. The largest absolute Gasteiger partial charge is 0.393 e. The van der Waals surface area contributed by atoms with E-state index >= 15 is 0 Å². The first-order valence-electron chi connectivity index (χ1n) is 5.89. The number of hydrogen-bond donors (Lipinski definition) is 1. The minimum atomic E-state index is -0.0887. The molecule has 1 saturated carbocycles. The summed E-state index contributed by atoms with van der Waals surface area (Å²) in [5.41, 5.74) is 0.399. The van der Waals surface area contributed by atoms with E-state index in [1.807, 2.05) is 0 Å². The van der Waals surface area contributed by atoms with Crippen molar-refractivity contribution in [3.63, 3.8) is 0 Å². The third-order valence-corrected chi connectivity index (χ3v) is 3.86. The average Bonchev–Trinajstić information content (AvgIpc) is 2.61. The molecule has 0 radical (unpaired) electrons. The minimum Gasteiger partial charge on any atom is -0.393 e. The fourth-order valence-corrected chi connectivity index (χ4v) is 2.59. The van der Waals surface area contributed by atoms with E-state index in [1.54, 1.807) is 0 Å². The SMILES string of the molecule is CC1(C)CC1C(O)CCC1CCCO1. The molecule has 0 amide bonds. The summed E-state index contributed by atoms with van der Waals surface area (Å²) in [7, 11) is 0. The highest BCUT2D eigenvalue weighted by atomic mass is 16.5. The molecule has 3 unspecified atom stereocenters. The van der Waals surface area contributed by atoms with E-state index in [0.717, 1.165) is 19.4 Å². The molecule has 82 valence electrons. The van der Waals surface area contributed by atoms with Gasteiger partial charge in [0.15, 0.2) is 0 Å². The maximum atomic E-state index is 9.93. The molecule has 2 aliphatic rings. The normalized spacial score (nSPS) is 37.1. The smallest absolute Gasteiger partial charge is 0.0577 e. The third kappa shape index (κ3) is 2.29. The Morgan fingerprint density at radius 3 is 2.71 bits per heavy atom. The van der Waals surface area contributed by atoms with Crippen molar-refractivity contribution in [1.82, 2.24) is 0 Å². The predicted octanol–water partition coefficient (Wildman–Crippen LogP) is 2.35. The molecule has 14 heavy (non-hydrogen) atoms. The van der Waals surface area contributed by atoms with Crippen molar-refractivity contribution in [2.24, 2.45) is 11.3 Å². The maximum absolute atomic E-state index is 9.93. The first kappa shape index (κ1) is 10.4. The van der Waals surface area contributed by atoms with E-state index < -0.39 is 0 Å². The first-order chi connectivity index (χ1) is 6.59. The van der Waals surface area contributed by atoms with Gasteiger partial charge in [-0.15, -0.1) is 0 Å². The zero-order valence-corrected chi connectivity index (χ0v) is 9.33. The fourth-order valence-electron chi connectivity index (χ4n) is 2.59. The molecular formula is C12H22O2. The molecule has 2 rings (SSSR count). The van der Waals surface area contributed by atoms with Gasteiger partial charge in [0, 0.05) is 6.61 Å². The van der Waals surface area contributed by atoms with E-state index in [2.05, 4.69) is 13.8 Å². The quantitative estimate of drug-likeness (QED) is 0.751. The molecule has 2 fully saturated rings. The van der Waals surface area contributed by atoms with Gasteiger partial charge in [0.25, 0.3) is 0 Å². The summed E-state index contributed by atoms with van der Waals surface area (Å²) < 4.78 is 5.54. The van der Waals surface area contributed by atoms with Crippen molar-refractivity contribution < 1.29 is 9.84 Å². The Kier molecular flexibility index (Phi) is 2.85. The van der Waals surface area contributed by atoms with E-state index in [9.17, 15) is 5.11 Å². The van der Waals surface area contributed by atoms with Gasteiger partial charge in [-0.25, -0.2) is 0 Å². The molecule has 0 bridgehead atoms. The molecule has 1 heterocycles. The molecule has 0 aromatic heterocycles. The molecule has 1 saturated heterocycles. The maximum Gasteiger partial charge on any atom is 0.0577 e. The van der Waals surface area contributed by atoms with E-state index in [-0.39, 0.29) is 6.10 Å². The van der Waals surface area contributed by atoms with Crippen molar-refractivity contribution in [2.45, 2.75) is 58.2 Å². The van der Waals surface area contributed by atoms with Crippen LogP contribution in [-0.4, -0.2) is 23.9 Å². The van der Waals surface area contributed by atoms with Crippen LogP contribution in [0.15, 0.2) is 0 Å². The summed E-state index contributed by atoms with van der Waals surface area (Å²) in [6, 6.07) is 0. The van der Waals surface area contributed by atoms with Gasteiger partial charge >= 0.3 is 0 Å². The lowest BCUT2D eigenvalue weighted by atomic mass is 10.0. The van der Waals surface area contributed by atoms with Crippen molar-refractivity contribution in [1.29, 1.82) is 0 Å². The Hall–Kier alpha value is -0.0800. The molecule has 0 aromatic rings. The van der Waals surface area contributed by atoms with E-state index in [1.165, 1.54) is 19.3 Å². The van der Waals surface area contributed by atoms with Crippen LogP contribution in [0, 0.1) is 11.3 Å². The number of ether oxygens (including phenoxy) is 1. The highest BCUT2D eigenvalue weighted by molar-refractivity contribution is 4.99. The lowest BCUT2D eigenvalue weighted by Crippen LogP contribution is -2.16. The van der Waals surface area contributed by atoms with Gasteiger partial charge in [0.1, 0.15) is 0 Å². The lowest BCUT2D eigenvalue weighted by molar-refractivity contribution is 0.0707. The Bertz CT molecular complexity index is 194.